The molecular weight excluding hydrogens is 269 g/mol. The molecule has 1 aliphatic heterocycles. The molecule has 2 aromatic rings. The third kappa shape index (κ3) is 2.70. The Balaban J connectivity index is 1.72. The highest BCUT2D eigenvalue weighted by atomic mass is 19.1. The van der Waals surface area contributed by atoms with Crippen LogP contribution < -0.4 is 0 Å². The minimum atomic E-state index is -0.244. The van der Waals surface area contributed by atoms with Crippen LogP contribution in [0, 0.1) is 11.7 Å². The van der Waals surface area contributed by atoms with Crippen molar-refractivity contribution in [2.45, 2.75) is 31.6 Å². The van der Waals surface area contributed by atoms with Gasteiger partial charge in [0.2, 0.25) is 0 Å². The molecule has 4 rings (SSSR count). The summed E-state index contributed by atoms with van der Waals surface area (Å²) >= 11 is 0. The zero-order valence-electron chi connectivity index (χ0n) is 11.8. The number of aromatic nitrogens is 3. The average molecular weight is 287 g/mol. The molecule has 2 aliphatic rings. The molecule has 1 unspecified atom stereocenters. The Hall–Kier alpha value is -1.75. The van der Waals surface area contributed by atoms with Crippen LogP contribution in [0.3, 0.4) is 0 Å². The fraction of sp³-hybridized carbons (Fsp3) is 0.500. The highest BCUT2D eigenvalue weighted by Gasteiger charge is 2.28. The normalized spacial score (nSPS) is 21.9. The Morgan fingerprint density at radius 1 is 1.29 bits per heavy atom. The van der Waals surface area contributed by atoms with Gasteiger partial charge >= 0.3 is 0 Å². The van der Waals surface area contributed by atoms with Gasteiger partial charge in [0.05, 0.1) is 12.3 Å². The van der Waals surface area contributed by atoms with Crippen LogP contribution in [-0.2, 0) is 11.2 Å². The lowest BCUT2D eigenvalue weighted by Gasteiger charge is -2.05. The van der Waals surface area contributed by atoms with Crippen molar-refractivity contribution >= 4 is 0 Å². The molecule has 1 aliphatic carbocycles. The molecule has 0 radical (unpaired) electrons. The number of ether oxygens (including phenoxy) is 1. The van der Waals surface area contributed by atoms with Gasteiger partial charge in [-0.15, -0.1) is 0 Å². The van der Waals surface area contributed by atoms with Gasteiger partial charge in [0, 0.05) is 18.9 Å². The lowest BCUT2D eigenvalue weighted by atomic mass is 10.1. The van der Waals surface area contributed by atoms with E-state index in [1.54, 1.807) is 6.07 Å². The average Bonchev–Trinajstić information content (AvgIpc) is 2.99. The molecule has 1 aromatic heterocycles. The molecule has 0 bridgehead atoms. The van der Waals surface area contributed by atoms with Crippen molar-refractivity contribution in [1.82, 2.24) is 14.8 Å². The molecule has 0 N–H and O–H groups in total. The first-order valence-corrected chi connectivity index (χ1v) is 7.59. The zero-order valence-corrected chi connectivity index (χ0v) is 11.8. The maximum absolute atomic E-state index is 13.5. The molecule has 5 heteroatoms. The molecule has 1 aromatic carbocycles. The van der Waals surface area contributed by atoms with Gasteiger partial charge in [0.1, 0.15) is 11.6 Å². The molecule has 110 valence electrons. The van der Waals surface area contributed by atoms with Crippen LogP contribution in [0.4, 0.5) is 4.39 Å². The number of halogens is 1. The largest absolute Gasteiger partial charge is 0.381 e. The van der Waals surface area contributed by atoms with Gasteiger partial charge < -0.3 is 4.74 Å². The molecule has 1 saturated heterocycles. The minimum absolute atomic E-state index is 0.244. The summed E-state index contributed by atoms with van der Waals surface area (Å²) in [5, 5.41) is 4.64. The summed E-state index contributed by atoms with van der Waals surface area (Å²) in [7, 11) is 0. The molecule has 1 saturated carbocycles. The summed E-state index contributed by atoms with van der Waals surface area (Å²) in [6.07, 6.45) is 4.42. The van der Waals surface area contributed by atoms with Crippen molar-refractivity contribution in [3.8, 4) is 5.69 Å². The molecule has 2 heterocycles. The van der Waals surface area contributed by atoms with Crippen molar-refractivity contribution in [2.24, 2.45) is 5.92 Å². The van der Waals surface area contributed by atoms with E-state index >= 15 is 0 Å². The smallest absolute Gasteiger partial charge is 0.156 e. The van der Waals surface area contributed by atoms with Gasteiger partial charge in [-0.05, 0) is 43.4 Å². The monoisotopic (exact) mass is 287 g/mol. The molecule has 0 amide bonds. The van der Waals surface area contributed by atoms with Gasteiger partial charge in [-0.3, -0.25) is 0 Å². The van der Waals surface area contributed by atoms with Crippen molar-refractivity contribution in [2.75, 3.05) is 13.2 Å². The van der Waals surface area contributed by atoms with Gasteiger partial charge in [0.15, 0.2) is 5.82 Å². The number of rotatable bonds is 4. The fourth-order valence-corrected chi connectivity index (χ4v) is 2.80. The third-order valence-corrected chi connectivity index (χ3v) is 4.21. The van der Waals surface area contributed by atoms with E-state index in [2.05, 4.69) is 5.10 Å². The van der Waals surface area contributed by atoms with E-state index in [9.17, 15) is 4.39 Å². The highest BCUT2D eigenvalue weighted by Crippen LogP contribution is 2.33. The quantitative estimate of drug-likeness (QED) is 0.868. The molecular formula is C16H18FN3O. The van der Waals surface area contributed by atoms with Crippen molar-refractivity contribution in [3.63, 3.8) is 0 Å². The van der Waals surface area contributed by atoms with Crippen LogP contribution >= 0.6 is 0 Å². The van der Waals surface area contributed by atoms with Crippen molar-refractivity contribution in [3.05, 3.63) is 41.7 Å². The second-order valence-electron chi connectivity index (χ2n) is 5.99. The summed E-state index contributed by atoms with van der Waals surface area (Å²) in [6.45, 7) is 1.47. The second kappa shape index (κ2) is 5.22. The van der Waals surface area contributed by atoms with Crippen LogP contribution in [0.1, 0.15) is 36.8 Å². The lowest BCUT2D eigenvalue weighted by Crippen LogP contribution is -2.05. The highest BCUT2D eigenvalue weighted by molar-refractivity contribution is 5.32. The minimum Gasteiger partial charge on any atom is -0.381 e. The van der Waals surface area contributed by atoms with Gasteiger partial charge in [-0.25, -0.2) is 14.1 Å². The SMILES string of the molecule is Fc1cccc(-n2nc(C3CCOC3)nc2CC2CC2)c1. The van der Waals surface area contributed by atoms with E-state index in [1.165, 1.54) is 25.0 Å². The Morgan fingerprint density at radius 2 is 2.19 bits per heavy atom. The van der Waals surface area contributed by atoms with E-state index in [-0.39, 0.29) is 11.7 Å². The standard InChI is InChI=1S/C16H18FN3O/c17-13-2-1-3-14(9-13)20-15(8-11-4-5-11)18-16(19-20)12-6-7-21-10-12/h1-3,9,11-12H,4-8,10H2. The number of hydrogen-bond donors (Lipinski definition) is 0. The van der Waals surface area contributed by atoms with E-state index in [1.807, 2.05) is 10.7 Å². The predicted molar refractivity (Wildman–Crippen MR) is 75.9 cm³/mol. The Kier molecular flexibility index (Phi) is 3.22. The summed E-state index contributed by atoms with van der Waals surface area (Å²) in [6, 6.07) is 6.56. The number of benzene rings is 1. The maximum Gasteiger partial charge on any atom is 0.156 e. The van der Waals surface area contributed by atoms with Gasteiger partial charge in [-0.2, -0.15) is 5.10 Å². The lowest BCUT2D eigenvalue weighted by molar-refractivity contribution is 0.193. The van der Waals surface area contributed by atoms with Crippen LogP contribution in [0.2, 0.25) is 0 Å². The number of hydrogen-bond acceptors (Lipinski definition) is 3. The topological polar surface area (TPSA) is 39.9 Å². The van der Waals surface area contributed by atoms with Crippen molar-refractivity contribution in [1.29, 1.82) is 0 Å². The third-order valence-electron chi connectivity index (χ3n) is 4.21. The Labute approximate surface area is 123 Å². The van der Waals surface area contributed by atoms with Crippen LogP contribution in [-0.4, -0.2) is 28.0 Å². The predicted octanol–water partition coefficient (Wildman–Crippen LogP) is 2.86. The van der Waals surface area contributed by atoms with E-state index in [4.69, 9.17) is 9.72 Å². The van der Waals surface area contributed by atoms with Gasteiger partial charge in [0.25, 0.3) is 0 Å². The van der Waals surface area contributed by atoms with Gasteiger partial charge in [-0.1, -0.05) is 6.07 Å². The van der Waals surface area contributed by atoms with Crippen LogP contribution in [0.5, 0.6) is 0 Å². The van der Waals surface area contributed by atoms with E-state index in [0.29, 0.717) is 12.5 Å². The van der Waals surface area contributed by atoms with Crippen LogP contribution in [0.15, 0.2) is 24.3 Å². The maximum atomic E-state index is 13.5. The molecule has 21 heavy (non-hydrogen) atoms. The molecule has 4 nitrogen and oxygen atoms in total. The Morgan fingerprint density at radius 3 is 2.90 bits per heavy atom. The first-order valence-electron chi connectivity index (χ1n) is 7.59. The summed E-state index contributed by atoms with van der Waals surface area (Å²) in [4.78, 5) is 4.73. The van der Waals surface area contributed by atoms with E-state index < -0.39 is 0 Å². The Bertz CT molecular complexity index is 645. The van der Waals surface area contributed by atoms with E-state index in [0.717, 1.165) is 36.8 Å². The summed E-state index contributed by atoms with van der Waals surface area (Å²) < 4.78 is 20.7. The first-order chi connectivity index (χ1) is 10.3. The first kappa shape index (κ1) is 13.0. The fourth-order valence-electron chi connectivity index (χ4n) is 2.80. The zero-order chi connectivity index (χ0) is 14.2. The number of nitrogens with zero attached hydrogens (tertiary/aromatic N) is 3. The summed E-state index contributed by atoms with van der Waals surface area (Å²) in [5.74, 6) is 2.54. The molecule has 1 atom stereocenters. The molecule has 2 fully saturated rings. The van der Waals surface area contributed by atoms with Crippen LogP contribution in [0.25, 0.3) is 5.69 Å². The summed E-state index contributed by atoms with van der Waals surface area (Å²) in [5.41, 5.74) is 0.753. The van der Waals surface area contributed by atoms with Crippen molar-refractivity contribution < 1.29 is 9.13 Å². The molecule has 0 spiro atoms. The second-order valence-corrected chi connectivity index (χ2v) is 5.99.